The minimum absolute atomic E-state index is 0.341. The van der Waals surface area contributed by atoms with Gasteiger partial charge in [-0.2, -0.15) is 0 Å². The molecule has 0 aliphatic carbocycles. The summed E-state index contributed by atoms with van der Waals surface area (Å²) >= 11 is 0. The van der Waals surface area contributed by atoms with Crippen molar-refractivity contribution in [2.45, 2.75) is 19.5 Å². The summed E-state index contributed by atoms with van der Waals surface area (Å²) in [5, 5.41) is 0. The molecule has 1 heterocycles. The standard InChI is InChI=1S/C23H22O4/c1-3-7-18(8-4-1)16-26-21-12-11-20(23-24-13-14-25-23)15-22(21)27-17-19-9-5-2-6-10-19/h1-12,15,23H,13-14,16-17H2. The van der Waals surface area contributed by atoms with Crippen molar-refractivity contribution in [1.82, 2.24) is 0 Å². The number of ether oxygens (including phenoxy) is 4. The van der Waals surface area contributed by atoms with Crippen molar-refractivity contribution in [3.05, 3.63) is 95.6 Å². The zero-order valence-electron chi connectivity index (χ0n) is 15.0. The summed E-state index contributed by atoms with van der Waals surface area (Å²) in [5.41, 5.74) is 3.14. The van der Waals surface area contributed by atoms with E-state index in [1.54, 1.807) is 0 Å². The van der Waals surface area contributed by atoms with Gasteiger partial charge in [-0.25, -0.2) is 0 Å². The van der Waals surface area contributed by atoms with Crippen LogP contribution in [0.5, 0.6) is 11.5 Å². The van der Waals surface area contributed by atoms with Crippen LogP contribution in [0.15, 0.2) is 78.9 Å². The molecule has 0 atom stereocenters. The van der Waals surface area contributed by atoms with E-state index < -0.39 is 0 Å². The minimum atomic E-state index is -0.341. The molecule has 1 fully saturated rings. The molecule has 0 aromatic heterocycles. The second-order valence-electron chi connectivity index (χ2n) is 6.33. The number of rotatable bonds is 7. The average Bonchev–Trinajstić information content (AvgIpc) is 3.27. The van der Waals surface area contributed by atoms with Crippen molar-refractivity contribution in [3.8, 4) is 11.5 Å². The van der Waals surface area contributed by atoms with Gasteiger partial charge in [-0.15, -0.1) is 0 Å². The van der Waals surface area contributed by atoms with Gasteiger partial charge in [0.15, 0.2) is 17.8 Å². The Bertz CT molecular complexity index is 843. The Balaban J connectivity index is 1.52. The monoisotopic (exact) mass is 362 g/mol. The maximum Gasteiger partial charge on any atom is 0.184 e. The number of benzene rings is 3. The molecular weight excluding hydrogens is 340 g/mol. The molecule has 0 spiro atoms. The van der Waals surface area contributed by atoms with Crippen LogP contribution in [0.3, 0.4) is 0 Å². The highest BCUT2D eigenvalue weighted by molar-refractivity contribution is 5.44. The number of hydrogen-bond donors (Lipinski definition) is 0. The van der Waals surface area contributed by atoms with Crippen LogP contribution >= 0.6 is 0 Å². The van der Waals surface area contributed by atoms with Crippen molar-refractivity contribution >= 4 is 0 Å². The van der Waals surface area contributed by atoms with Gasteiger partial charge in [-0.05, 0) is 23.3 Å². The maximum atomic E-state index is 6.08. The van der Waals surface area contributed by atoms with E-state index in [9.17, 15) is 0 Å². The lowest BCUT2D eigenvalue weighted by Crippen LogP contribution is -2.03. The molecule has 1 aliphatic rings. The van der Waals surface area contributed by atoms with E-state index in [-0.39, 0.29) is 6.29 Å². The molecule has 4 nitrogen and oxygen atoms in total. The Morgan fingerprint density at radius 2 is 1.22 bits per heavy atom. The molecule has 0 saturated carbocycles. The Labute approximate surface area is 159 Å². The van der Waals surface area contributed by atoms with Crippen LogP contribution in [0.4, 0.5) is 0 Å². The number of hydrogen-bond acceptors (Lipinski definition) is 4. The third kappa shape index (κ3) is 4.67. The Morgan fingerprint density at radius 1 is 0.667 bits per heavy atom. The largest absolute Gasteiger partial charge is 0.485 e. The molecule has 0 bridgehead atoms. The average molecular weight is 362 g/mol. The third-order valence-corrected chi connectivity index (χ3v) is 4.34. The third-order valence-electron chi connectivity index (χ3n) is 4.34. The maximum absolute atomic E-state index is 6.08. The molecule has 0 unspecified atom stereocenters. The van der Waals surface area contributed by atoms with Gasteiger partial charge in [0.25, 0.3) is 0 Å². The second kappa shape index (κ2) is 8.71. The first-order chi connectivity index (χ1) is 13.4. The van der Waals surface area contributed by atoms with E-state index >= 15 is 0 Å². The normalized spacial score (nSPS) is 14.2. The first-order valence-electron chi connectivity index (χ1n) is 9.09. The highest BCUT2D eigenvalue weighted by Gasteiger charge is 2.20. The van der Waals surface area contributed by atoms with Crippen LogP contribution in [0.25, 0.3) is 0 Å². The van der Waals surface area contributed by atoms with Gasteiger partial charge < -0.3 is 18.9 Å². The topological polar surface area (TPSA) is 36.9 Å². The summed E-state index contributed by atoms with van der Waals surface area (Å²) in [6, 6.07) is 26.0. The fraction of sp³-hybridized carbons (Fsp3) is 0.217. The molecule has 1 saturated heterocycles. The zero-order valence-corrected chi connectivity index (χ0v) is 15.0. The van der Waals surface area contributed by atoms with Crippen molar-refractivity contribution in [3.63, 3.8) is 0 Å². The Morgan fingerprint density at radius 3 is 1.81 bits per heavy atom. The van der Waals surface area contributed by atoms with Crippen molar-refractivity contribution in [2.24, 2.45) is 0 Å². The van der Waals surface area contributed by atoms with E-state index in [0.29, 0.717) is 37.9 Å². The molecule has 0 amide bonds. The molecule has 3 aromatic carbocycles. The molecule has 3 aromatic rings. The molecule has 4 heteroatoms. The summed E-state index contributed by atoms with van der Waals surface area (Å²) in [5.74, 6) is 1.39. The smallest absolute Gasteiger partial charge is 0.184 e. The summed E-state index contributed by atoms with van der Waals surface area (Å²) in [4.78, 5) is 0. The Kier molecular flexibility index (Phi) is 5.67. The van der Waals surface area contributed by atoms with Gasteiger partial charge in [-0.1, -0.05) is 66.7 Å². The molecule has 138 valence electrons. The van der Waals surface area contributed by atoms with Crippen LogP contribution in [0.2, 0.25) is 0 Å². The van der Waals surface area contributed by atoms with Gasteiger partial charge in [0, 0.05) is 5.56 Å². The van der Waals surface area contributed by atoms with E-state index in [0.717, 1.165) is 16.7 Å². The highest BCUT2D eigenvalue weighted by Crippen LogP contribution is 2.34. The molecule has 27 heavy (non-hydrogen) atoms. The van der Waals surface area contributed by atoms with Crippen LogP contribution in [-0.2, 0) is 22.7 Å². The fourth-order valence-electron chi connectivity index (χ4n) is 2.92. The summed E-state index contributed by atoms with van der Waals surface area (Å²) in [7, 11) is 0. The van der Waals surface area contributed by atoms with E-state index in [2.05, 4.69) is 0 Å². The van der Waals surface area contributed by atoms with Crippen molar-refractivity contribution in [1.29, 1.82) is 0 Å². The molecule has 1 aliphatic heterocycles. The van der Waals surface area contributed by atoms with Crippen LogP contribution < -0.4 is 9.47 Å². The van der Waals surface area contributed by atoms with Crippen molar-refractivity contribution < 1.29 is 18.9 Å². The Hall–Kier alpha value is -2.82. The molecule has 0 N–H and O–H groups in total. The SMILES string of the molecule is c1ccc(COc2ccc(C3OCCO3)cc2OCc2ccccc2)cc1. The predicted molar refractivity (Wildman–Crippen MR) is 103 cm³/mol. The molecular formula is C23H22O4. The minimum Gasteiger partial charge on any atom is -0.485 e. The van der Waals surface area contributed by atoms with Gasteiger partial charge in [0.05, 0.1) is 13.2 Å². The van der Waals surface area contributed by atoms with Gasteiger partial charge in [0.1, 0.15) is 13.2 Å². The lowest BCUT2D eigenvalue weighted by molar-refractivity contribution is -0.0442. The second-order valence-corrected chi connectivity index (χ2v) is 6.33. The van der Waals surface area contributed by atoms with E-state index in [1.807, 2.05) is 78.9 Å². The summed E-state index contributed by atoms with van der Waals surface area (Å²) in [6.07, 6.45) is -0.341. The molecule has 4 rings (SSSR count). The summed E-state index contributed by atoms with van der Waals surface area (Å²) in [6.45, 7) is 2.17. The summed E-state index contributed by atoms with van der Waals surface area (Å²) < 4.78 is 23.3. The van der Waals surface area contributed by atoms with E-state index in [1.165, 1.54) is 0 Å². The highest BCUT2D eigenvalue weighted by atomic mass is 16.7. The van der Waals surface area contributed by atoms with Crippen LogP contribution in [-0.4, -0.2) is 13.2 Å². The van der Waals surface area contributed by atoms with Gasteiger partial charge in [0.2, 0.25) is 0 Å². The molecule has 0 radical (unpaired) electrons. The van der Waals surface area contributed by atoms with E-state index in [4.69, 9.17) is 18.9 Å². The lowest BCUT2D eigenvalue weighted by atomic mass is 10.2. The quantitative estimate of drug-likeness (QED) is 0.600. The predicted octanol–water partition coefficient (Wildman–Crippen LogP) is 4.89. The zero-order chi connectivity index (χ0) is 18.3. The van der Waals surface area contributed by atoms with Gasteiger partial charge >= 0.3 is 0 Å². The van der Waals surface area contributed by atoms with Crippen LogP contribution in [0, 0.1) is 0 Å². The fourth-order valence-corrected chi connectivity index (χ4v) is 2.92. The van der Waals surface area contributed by atoms with Crippen molar-refractivity contribution in [2.75, 3.05) is 13.2 Å². The first-order valence-corrected chi connectivity index (χ1v) is 9.09. The lowest BCUT2D eigenvalue weighted by Gasteiger charge is -2.16. The van der Waals surface area contributed by atoms with Gasteiger partial charge in [-0.3, -0.25) is 0 Å². The first kappa shape index (κ1) is 17.6. The van der Waals surface area contributed by atoms with Crippen LogP contribution in [0.1, 0.15) is 23.0 Å².